The number of aryl methyl sites for hydroxylation is 1. The van der Waals surface area contributed by atoms with Crippen LogP contribution in [-0.2, 0) is 0 Å². The summed E-state index contributed by atoms with van der Waals surface area (Å²) in [5, 5.41) is 0. The minimum absolute atomic E-state index is 1.39. The monoisotopic (exact) mass is 139 g/mol. The van der Waals surface area contributed by atoms with E-state index in [1.165, 1.54) is 15.7 Å². The summed E-state index contributed by atoms with van der Waals surface area (Å²) < 4.78 is 0. The van der Waals surface area contributed by atoms with Crippen LogP contribution in [0.15, 0.2) is 12.1 Å². The third kappa shape index (κ3) is 1.55. The van der Waals surface area contributed by atoms with Gasteiger partial charge in [0.05, 0.1) is 0 Å². The Labute approximate surface area is 60.5 Å². The SMILES string of the molecule is C[C](C)c1ccc(C)s1. The number of hydrogen-bond donors (Lipinski definition) is 0. The van der Waals surface area contributed by atoms with Crippen LogP contribution in [0, 0.1) is 12.8 Å². The number of hydrogen-bond acceptors (Lipinski definition) is 1. The molecule has 1 heterocycles. The van der Waals surface area contributed by atoms with E-state index in [1.807, 2.05) is 11.3 Å². The summed E-state index contributed by atoms with van der Waals surface area (Å²) in [5.74, 6) is 1.41. The predicted octanol–water partition coefficient (Wildman–Crippen LogP) is 3.02. The van der Waals surface area contributed by atoms with Crippen LogP contribution in [0.25, 0.3) is 0 Å². The molecule has 1 radical (unpaired) electrons. The first-order valence-electron chi connectivity index (χ1n) is 3.07. The zero-order chi connectivity index (χ0) is 6.85. The summed E-state index contributed by atoms with van der Waals surface area (Å²) in [5.41, 5.74) is 0. The molecule has 0 atom stereocenters. The van der Waals surface area contributed by atoms with Gasteiger partial charge in [0.15, 0.2) is 0 Å². The second-order valence-corrected chi connectivity index (χ2v) is 3.70. The van der Waals surface area contributed by atoms with Crippen LogP contribution in [-0.4, -0.2) is 0 Å². The van der Waals surface area contributed by atoms with E-state index in [1.54, 1.807) is 0 Å². The lowest BCUT2D eigenvalue weighted by molar-refractivity contribution is 1.19. The molecule has 0 bridgehead atoms. The molecule has 1 aromatic rings. The lowest BCUT2D eigenvalue weighted by Gasteiger charge is -1.95. The van der Waals surface area contributed by atoms with E-state index in [9.17, 15) is 0 Å². The molecule has 0 aliphatic rings. The quantitative estimate of drug-likeness (QED) is 0.561. The summed E-state index contributed by atoms with van der Waals surface area (Å²) in [7, 11) is 0. The van der Waals surface area contributed by atoms with E-state index in [4.69, 9.17) is 0 Å². The lowest BCUT2D eigenvalue weighted by Crippen LogP contribution is -1.78. The van der Waals surface area contributed by atoms with Gasteiger partial charge >= 0.3 is 0 Å². The molecule has 0 aliphatic carbocycles. The fraction of sp³-hybridized carbons (Fsp3) is 0.375. The minimum atomic E-state index is 1.39. The maximum absolute atomic E-state index is 2.18. The molecule has 0 nitrogen and oxygen atoms in total. The van der Waals surface area contributed by atoms with Gasteiger partial charge in [-0.2, -0.15) is 0 Å². The zero-order valence-electron chi connectivity index (χ0n) is 6.06. The lowest BCUT2D eigenvalue weighted by atomic mass is 10.2. The van der Waals surface area contributed by atoms with E-state index >= 15 is 0 Å². The number of rotatable bonds is 1. The topological polar surface area (TPSA) is 0 Å². The van der Waals surface area contributed by atoms with Crippen molar-refractivity contribution >= 4 is 11.3 Å². The Kier molecular flexibility index (Phi) is 1.91. The highest BCUT2D eigenvalue weighted by Gasteiger charge is 1.99. The average molecular weight is 139 g/mol. The van der Waals surface area contributed by atoms with Crippen LogP contribution in [0.1, 0.15) is 23.6 Å². The van der Waals surface area contributed by atoms with E-state index < -0.39 is 0 Å². The molecule has 9 heavy (non-hydrogen) atoms. The highest BCUT2D eigenvalue weighted by atomic mass is 32.1. The Balaban J connectivity index is 2.85. The molecular formula is C8H11S. The first-order chi connectivity index (χ1) is 4.20. The van der Waals surface area contributed by atoms with Crippen molar-refractivity contribution in [3.05, 3.63) is 27.8 Å². The predicted molar refractivity (Wildman–Crippen MR) is 42.7 cm³/mol. The fourth-order valence-corrected chi connectivity index (χ4v) is 1.53. The van der Waals surface area contributed by atoms with Gasteiger partial charge in [-0.15, -0.1) is 11.3 Å². The normalized spacial score (nSPS) is 10.7. The first kappa shape index (κ1) is 6.81. The molecule has 0 unspecified atom stereocenters. The van der Waals surface area contributed by atoms with Crippen molar-refractivity contribution in [2.75, 3.05) is 0 Å². The van der Waals surface area contributed by atoms with Gasteiger partial charge in [-0.3, -0.25) is 0 Å². The highest BCUT2D eigenvalue weighted by molar-refractivity contribution is 7.12. The van der Waals surface area contributed by atoms with Gasteiger partial charge in [0.2, 0.25) is 0 Å². The van der Waals surface area contributed by atoms with Crippen LogP contribution < -0.4 is 0 Å². The fourth-order valence-electron chi connectivity index (χ4n) is 0.703. The van der Waals surface area contributed by atoms with Crippen LogP contribution in [0.3, 0.4) is 0 Å². The Morgan fingerprint density at radius 3 is 2.22 bits per heavy atom. The molecule has 1 heteroatoms. The van der Waals surface area contributed by atoms with Gasteiger partial charge < -0.3 is 0 Å². The van der Waals surface area contributed by atoms with E-state index in [-0.39, 0.29) is 0 Å². The Bertz CT molecular complexity index is 186. The van der Waals surface area contributed by atoms with Crippen molar-refractivity contribution in [2.45, 2.75) is 20.8 Å². The molecule has 0 saturated carbocycles. The minimum Gasteiger partial charge on any atom is -0.145 e. The van der Waals surface area contributed by atoms with E-state index in [0.29, 0.717) is 0 Å². The average Bonchev–Trinajstić information content (AvgIpc) is 2.14. The Morgan fingerprint density at radius 1 is 1.33 bits per heavy atom. The summed E-state index contributed by atoms with van der Waals surface area (Å²) in [4.78, 5) is 2.80. The highest BCUT2D eigenvalue weighted by Crippen LogP contribution is 2.22. The molecule has 0 fully saturated rings. The van der Waals surface area contributed by atoms with E-state index in [0.717, 1.165) is 0 Å². The van der Waals surface area contributed by atoms with Gasteiger partial charge in [-0.1, -0.05) is 13.8 Å². The first-order valence-corrected chi connectivity index (χ1v) is 3.89. The van der Waals surface area contributed by atoms with Crippen LogP contribution in [0.4, 0.5) is 0 Å². The summed E-state index contributed by atoms with van der Waals surface area (Å²) in [6, 6.07) is 4.34. The molecule has 1 rings (SSSR count). The van der Waals surface area contributed by atoms with Crippen LogP contribution in [0.2, 0.25) is 0 Å². The largest absolute Gasteiger partial charge is 0.145 e. The molecule has 0 N–H and O–H groups in total. The summed E-state index contributed by atoms with van der Waals surface area (Å²) >= 11 is 1.86. The molecular weight excluding hydrogens is 128 g/mol. The zero-order valence-corrected chi connectivity index (χ0v) is 6.88. The third-order valence-corrected chi connectivity index (χ3v) is 2.46. The Hall–Kier alpha value is -0.300. The molecule has 0 amide bonds. The second kappa shape index (κ2) is 2.53. The molecule has 0 aromatic carbocycles. The summed E-state index contributed by atoms with van der Waals surface area (Å²) in [6.07, 6.45) is 0. The number of thiophene rings is 1. The molecule has 1 aromatic heterocycles. The van der Waals surface area contributed by atoms with Gasteiger partial charge in [0, 0.05) is 15.7 Å². The van der Waals surface area contributed by atoms with Crippen molar-refractivity contribution in [1.29, 1.82) is 0 Å². The van der Waals surface area contributed by atoms with Gasteiger partial charge in [-0.25, -0.2) is 0 Å². The van der Waals surface area contributed by atoms with Crippen molar-refractivity contribution in [3.63, 3.8) is 0 Å². The molecule has 0 spiro atoms. The van der Waals surface area contributed by atoms with Gasteiger partial charge in [-0.05, 0) is 19.1 Å². The Morgan fingerprint density at radius 2 is 2.00 bits per heavy atom. The van der Waals surface area contributed by atoms with Gasteiger partial charge in [0.25, 0.3) is 0 Å². The van der Waals surface area contributed by atoms with Crippen molar-refractivity contribution in [3.8, 4) is 0 Å². The molecule has 0 saturated heterocycles. The van der Waals surface area contributed by atoms with Crippen molar-refractivity contribution in [1.82, 2.24) is 0 Å². The van der Waals surface area contributed by atoms with Crippen molar-refractivity contribution in [2.24, 2.45) is 0 Å². The molecule has 49 valence electrons. The standard InChI is InChI=1S/C8H11S/c1-6(2)8-5-4-7(3)9-8/h4-5H,1-3H3. The second-order valence-electron chi connectivity index (χ2n) is 2.41. The maximum atomic E-state index is 2.18. The smallest absolute Gasteiger partial charge is 0.0113 e. The third-order valence-electron chi connectivity index (χ3n) is 1.23. The van der Waals surface area contributed by atoms with Crippen LogP contribution >= 0.6 is 11.3 Å². The van der Waals surface area contributed by atoms with Gasteiger partial charge in [0.1, 0.15) is 0 Å². The maximum Gasteiger partial charge on any atom is 0.0113 e. The van der Waals surface area contributed by atoms with Crippen LogP contribution in [0.5, 0.6) is 0 Å². The van der Waals surface area contributed by atoms with Crippen molar-refractivity contribution < 1.29 is 0 Å². The van der Waals surface area contributed by atoms with E-state index in [2.05, 4.69) is 32.9 Å². The molecule has 0 aliphatic heterocycles. The summed E-state index contributed by atoms with van der Waals surface area (Å²) in [6.45, 7) is 6.42.